The molecule has 0 saturated heterocycles. The van der Waals surface area contributed by atoms with Crippen LogP contribution in [0.2, 0.25) is 0 Å². The normalized spacial score (nSPS) is 23.3. The van der Waals surface area contributed by atoms with Crippen LogP contribution in [0, 0.1) is 0 Å². The fourth-order valence-corrected chi connectivity index (χ4v) is 2.52. The molecule has 0 aromatic heterocycles. The van der Waals surface area contributed by atoms with Crippen LogP contribution in [0.3, 0.4) is 0 Å². The highest BCUT2D eigenvalue weighted by Crippen LogP contribution is 2.52. The Hall–Kier alpha value is 0.150. The Morgan fingerprint density at radius 1 is 1.30 bits per heavy atom. The maximum Gasteiger partial charge on any atom is 0.141 e. The lowest BCUT2D eigenvalue weighted by Crippen LogP contribution is -2.14. The van der Waals surface area contributed by atoms with E-state index in [0.29, 0.717) is 6.16 Å². The van der Waals surface area contributed by atoms with Gasteiger partial charge in [-0.3, -0.25) is 0 Å². The van der Waals surface area contributed by atoms with Gasteiger partial charge in [-0.25, -0.2) is 0 Å². The Morgan fingerprint density at radius 2 is 1.60 bits per heavy atom. The molecule has 62 valence electrons. The van der Waals surface area contributed by atoms with Gasteiger partial charge in [0.2, 0.25) is 0 Å². The SMILES string of the molecule is CCP(=O)(C(C)O)C(C)O. The van der Waals surface area contributed by atoms with Crippen LogP contribution in [-0.4, -0.2) is 28.1 Å². The van der Waals surface area contributed by atoms with Crippen molar-refractivity contribution in [2.45, 2.75) is 32.5 Å². The summed E-state index contributed by atoms with van der Waals surface area (Å²) in [6.07, 6.45) is 0.350. The second-order valence-electron chi connectivity index (χ2n) is 2.43. The Kier molecular flexibility index (Phi) is 3.57. The molecule has 0 rings (SSSR count). The third kappa shape index (κ3) is 1.82. The van der Waals surface area contributed by atoms with E-state index >= 15 is 0 Å². The van der Waals surface area contributed by atoms with Gasteiger partial charge in [0.15, 0.2) is 0 Å². The van der Waals surface area contributed by atoms with E-state index in [1.807, 2.05) is 0 Å². The molecule has 10 heavy (non-hydrogen) atoms. The summed E-state index contributed by atoms with van der Waals surface area (Å²) in [6.45, 7) is 4.62. The Balaban J connectivity index is 4.40. The third-order valence-corrected chi connectivity index (χ3v) is 5.28. The monoisotopic (exact) mass is 166 g/mol. The molecule has 3 nitrogen and oxygen atoms in total. The maximum atomic E-state index is 11.5. The first kappa shape index (κ1) is 10.2. The third-order valence-electron chi connectivity index (χ3n) is 1.76. The standard InChI is InChI=1S/C6H15O3P/c1-4-10(9,5(2)7)6(3)8/h5-8H,4H2,1-3H3. The lowest BCUT2D eigenvalue weighted by atomic mass is 10.8. The average molecular weight is 166 g/mol. The highest BCUT2D eigenvalue weighted by Gasteiger charge is 2.31. The van der Waals surface area contributed by atoms with Crippen LogP contribution in [0.15, 0.2) is 0 Å². The van der Waals surface area contributed by atoms with Crippen LogP contribution in [0.25, 0.3) is 0 Å². The second-order valence-corrected chi connectivity index (χ2v) is 6.27. The van der Waals surface area contributed by atoms with Crippen molar-refractivity contribution in [3.05, 3.63) is 0 Å². The zero-order valence-electron chi connectivity index (χ0n) is 6.61. The summed E-state index contributed by atoms with van der Waals surface area (Å²) in [7, 11) is -2.73. The number of aliphatic hydroxyl groups is 2. The van der Waals surface area contributed by atoms with E-state index in [-0.39, 0.29) is 0 Å². The number of hydrogen-bond donors (Lipinski definition) is 2. The Morgan fingerprint density at radius 3 is 1.60 bits per heavy atom. The average Bonchev–Trinajstić information content (AvgIpc) is 1.85. The molecular formula is C6H15O3P. The minimum Gasteiger partial charge on any atom is -0.386 e. The fourth-order valence-electron chi connectivity index (χ4n) is 0.841. The molecule has 0 amide bonds. The molecule has 0 saturated carbocycles. The van der Waals surface area contributed by atoms with E-state index in [0.717, 1.165) is 0 Å². The van der Waals surface area contributed by atoms with Gasteiger partial charge in [0.1, 0.15) is 18.8 Å². The van der Waals surface area contributed by atoms with Gasteiger partial charge >= 0.3 is 0 Å². The van der Waals surface area contributed by atoms with Crippen LogP contribution in [0.1, 0.15) is 20.8 Å². The van der Waals surface area contributed by atoms with Crippen molar-refractivity contribution >= 4 is 7.14 Å². The first-order valence-electron chi connectivity index (χ1n) is 3.39. The first-order chi connectivity index (χ1) is 4.45. The van der Waals surface area contributed by atoms with Crippen molar-refractivity contribution in [3.8, 4) is 0 Å². The molecule has 4 heteroatoms. The van der Waals surface area contributed by atoms with E-state index in [2.05, 4.69) is 0 Å². The van der Waals surface area contributed by atoms with E-state index in [9.17, 15) is 4.57 Å². The highest BCUT2D eigenvalue weighted by atomic mass is 31.2. The molecule has 0 aromatic rings. The molecule has 0 fully saturated rings. The van der Waals surface area contributed by atoms with Crippen LogP contribution in [0.5, 0.6) is 0 Å². The highest BCUT2D eigenvalue weighted by molar-refractivity contribution is 7.64. The van der Waals surface area contributed by atoms with Gasteiger partial charge in [-0.15, -0.1) is 0 Å². The molecule has 0 aromatic carbocycles. The molecular weight excluding hydrogens is 151 g/mol. The van der Waals surface area contributed by atoms with Gasteiger partial charge in [0.25, 0.3) is 0 Å². The predicted octanol–water partition coefficient (Wildman–Crippen LogP) is 1.05. The molecule has 2 unspecified atom stereocenters. The second kappa shape index (κ2) is 3.51. The van der Waals surface area contributed by atoms with Gasteiger partial charge in [-0.2, -0.15) is 0 Å². The van der Waals surface area contributed by atoms with Gasteiger partial charge in [0, 0.05) is 6.16 Å². The topological polar surface area (TPSA) is 57.5 Å². The van der Waals surface area contributed by atoms with Gasteiger partial charge in [0.05, 0.1) is 0 Å². The van der Waals surface area contributed by atoms with E-state index in [1.165, 1.54) is 13.8 Å². The molecule has 0 aliphatic rings. The molecule has 0 bridgehead atoms. The van der Waals surface area contributed by atoms with E-state index < -0.39 is 18.8 Å². The molecule has 0 aliphatic carbocycles. The van der Waals surface area contributed by atoms with Gasteiger partial charge < -0.3 is 14.8 Å². The van der Waals surface area contributed by atoms with Gasteiger partial charge in [-0.1, -0.05) is 6.92 Å². The summed E-state index contributed by atoms with van der Waals surface area (Å²) < 4.78 is 11.5. The summed E-state index contributed by atoms with van der Waals surface area (Å²) in [5, 5.41) is 18.0. The molecule has 0 aliphatic heterocycles. The predicted molar refractivity (Wildman–Crippen MR) is 41.5 cm³/mol. The smallest absolute Gasteiger partial charge is 0.141 e. The summed E-state index contributed by atoms with van der Waals surface area (Å²) >= 11 is 0. The van der Waals surface area contributed by atoms with E-state index in [1.54, 1.807) is 6.92 Å². The first-order valence-corrected chi connectivity index (χ1v) is 5.42. The lowest BCUT2D eigenvalue weighted by molar-refractivity contribution is 0.227. The van der Waals surface area contributed by atoms with Crippen LogP contribution >= 0.6 is 7.14 Å². The maximum absolute atomic E-state index is 11.5. The van der Waals surface area contributed by atoms with Crippen molar-refractivity contribution in [2.75, 3.05) is 6.16 Å². The molecule has 2 N–H and O–H groups in total. The van der Waals surface area contributed by atoms with E-state index in [4.69, 9.17) is 10.2 Å². The van der Waals surface area contributed by atoms with Crippen LogP contribution in [0.4, 0.5) is 0 Å². The molecule has 0 spiro atoms. The minimum absolute atomic E-state index is 0.350. The van der Waals surface area contributed by atoms with Crippen molar-refractivity contribution in [1.82, 2.24) is 0 Å². The fraction of sp³-hybridized carbons (Fsp3) is 1.00. The summed E-state index contributed by atoms with van der Waals surface area (Å²) in [6, 6.07) is 0. The minimum atomic E-state index is -2.73. The van der Waals surface area contributed by atoms with Crippen molar-refractivity contribution in [2.24, 2.45) is 0 Å². The number of aliphatic hydroxyl groups excluding tert-OH is 2. The molecule has 0 heterocycles. The lowest BCUT2D eigenvalue weighted by Gasteiger charge is -2.21. The van der Waals surface area contributed by atoms with Crippen molar-refractivity contribution in [3.63, 3.8) is 0 Å². The Labute approximate surface area is 61.4 Å². The summed E-state index contributed by atoms with van der Waals surface area (Å²) in [5.74, 6) is -1.78. The van der Waals surface area contributed by atoms with Crippen LogP contribution < -0.4 is 0 Å². The quantitative estimate of drug-likeness (QED) is 0.616. The zero-order chi connectivity index (χ0) is 8.36. The molecule has 0 radical (unpaired) electrons. The number of rotatable bonds is 3. The largest absolute Gasteiger partial charge is 0.386 e. The van der Waals surface area contributed by atoms with Gasteiger partial charge in [-0.05, 0) is 13.8 Å². The molecule has 2 atom stereocenters. The number of hydrogen-bond acceptors (Lipinski definition) is 3. The van der Waals surface area contributed by atoms with Crippen molar-refractivity contribution < 1.29 is 14.8 Å². The van der Waals surface area contributed by atoms with Crippen molar-refractivity contribution in [1.29, 1.82) is 0 Å². The summed E-state index contributed by atoms with van der Waals surface area (Å²) in [5.41, 5.74) is 0. The van der Waals surface area contributed by atoms with Crippen LogP contribution in [-0.2, 0) is 4.57 Å². The zero-order valence-corrected chi connectivity index (χ0v) is 7.51. The summed E-state index contributed by atoms with van der Waals surface area (Å²) in [4.78, 5) is 0. The Bertz CT molecular complexity index is 130.